The van der Waals surface area contributed by atoms with Gasteiger partial charge < -0.3 is 10.2 Å². The predicted molar refractivity (Wildman–Crippen MR) is 80.1 cm³/mol. The van der Waals surface area contributed by atoms with Gasteiger partial charge in [-0.15, -0.1) is 0 Å². The van der Waals surface area contributed by atoms with E-state index >= 15 is 0 Å². The second-order valence-corrected chi connectivity index (χ2v) is 6.68. The van der Waals surface area contributed by atoms with Crippen LogP contribution in [0, 0.1) is 17.6 Å². The Kier molecular flexibility index (Phi) is 4.27. The Labute approximate surface area is 125 Å². The third-order valence-electron chi connectivity index (χ3n) is 5.34. The highest BCUT2D eigenvalue weighted by Gasteiger charge is 2.38. The Morgan fingerprint density at radius 3 is 2.52 bits per heavy atom. The van der Waals surface area contributed by atoms with Crippen molar-refractivity contribution in [3.05, 3.63) is 35.4 Å². The molecule has 3 atom stereocenters. The third kappa shape index (κ3) is 3.11. The van der Waals surface area contributed by atoms with Gasteiger partial charge in [0, 0.05) is 29.8 Å². The fourth-order valence-corrected chi connectivity index (χ4v) is 4.00. The van der Waals surface area contributed by atoms with E-state index in [0.29, 0.717) is 11.5 Å². The van der Waals surface area contributed by atoms with Crippen LogP contribution in [0.15, 0.2) is 18.2 Å². The Morgan fingerprint density at radius 1 is 1.24 bits per heavy atom. The van der Waals surface area contributed by atoms with E-state index in [9.17, 15) is 8.78 Å². The second kappa shape index (κ2) is 6.01. The molecule has 2 fully saturated rings. The van der Waals surface area contributed by atoms with Crippen LogP contribution in [-0.2, 0) is 0 Å². The zero-order chi connectivity index (χ0) is 15.0. The van der Waals surface area contributed by atoms with Crippen molar-refractivity contribution in [1.29, 1.82) is 0 Å². The van der Waals surface area contributed by atoms with Crippen molar-refractivity contribution in [2.45, 2.75) is 50.7 Å². The van der Waals surface area contributed by atoms with Gasteiger partial charge in [0.25, 0.3) is 0 Å². The summed E-state index contributed by atoms with van der Waals surface area (Å²) in [5.41, 5.74) is 0.548. The smallest absolute Gasteiger partial charge is 0.130 e. The van der Waals surface area contributed by atoms with Crippen LogP contribution in [0.2, 0.25) is 0 Å². The minimum atomic E-state index is -0.518. The molecule has 0 spiro atoms. The number of hydrogen-bond acceptors (Lipinski definition) is 2. The number of rotatable bonds is 4. The molecule has 0 radical (unpaired) electrons. The molecule has 21 heavy (non-hydrogen) atoms. The van der Waals surface area contributed by atoms with Crippen molar-refractivity contribution in [2.75, 3.05) is 13.6 Å². The van der Waals surface area contributed by atoms with Crippen LogP contribution in [0.4, 0.5) is 8.78 Å². The molecule has 0 aromatic heterocycles. The lowest BCUT2D eigenvalue weighted by Gasteiger charge is -2.36. The average Bonchev–Trinajstić information content (AvgIpc) is 2.67. The standard InChI is InChI=1S/C17H24F2N2/c1-11(16-6-3-13(18)9-17(16)19)20-10-12-7-14-4-5-15(8-12)21(14)2/h3,6,9,11-12,14-15,20H,4-5,7-8,10H2,1-2H3. The van der Waals surface area contributed by atoms with E-state index in [-0.39, 0.29) is 6.04 Å². The summed E-state index contributed by atoms with van der Waals surface area (Å²) in [5.74, 6) is -0.307. The van der Waals surface area contributed by atoms with Gasteiger partial charge in [-0.25, -0.2) is 8.78 Å². The molecule has 2 aliphatic heterocycles. The van der Waals surface area contributed by atoms with E-state index in [1.807, 2.05) is 6.92 Å². The number of nitrogens with one attached hydrogen (secondary N) is 1. The fraction of sp³-hybridized carbons (Fsp3) is 0.647. The SMILES string of the molecule is CC(NCC1CC2CCC(C1)N2C)c1ccc(F)cc1F. The molecule has 0 saturated carbocycles. The van der Waals surface area contributed by atoms with Crippen molar-refractivity contribution in [3.63, 3.8) is 0 Å². The molecular weight excluding hydrogens is 270 g/mol. The highest BCUT2D eigenvalue weighted by molar-refractivity contribution is 5.21. The topological polar surface area (TPSA) is 15.3 Å². The second-order valence-electron chi connectivity index (χ2n) is 6.68. The Bertz CT molecular complexity index is 492. The van der Waals surface area contributed by atoms with Crippen molar-refractivity contribution in [1.82, 2.24) is 10.2 Å². The van der Waals surface area contributed by atoms with Gasteiger partial charge in [0.2, 0.25) is 0 Å². The van der Waals surface area contributed by atoms with Crippen LogP contribution >= 0.6 is 0 Å². The molecule has 0 aliphatic carbocycles. The number of nitrogens with zero attached hydrogens (tertiary/aromatic N) is 1. The van der Waals surface area contributed by atoms with Crippen molar-refractivity contribution in [2.24, 2.45) is 5.92 Å². The first-order valence-corrected chi connectivity index (χ1v) is 7.95. The van der Waals surface area contributed by atoms with Gasteiger partial charge >= 0.3 is 0 Å². The van der Waals surface area contributed by atoms with Gasteiger partial charge in [0.05, 0.1) is 0 Å². The molecule has 1 aromatic rings. The van der Waals surface area contributed by atoms with Gasteiger partial charge in [0.1, 0.15) is 11.6 Å². The normalized spacial score (nSPS) is 30.6. The number of halogens is 2. The molecule has 2 aliphatic rings. The Balaban J connectivity index is 1.55. The summed E-state index contributed by atoms with van der Waals surface area (Å²) in [5, 5.41) is 3.43. The largest absolute Gasteiger partial charge is 0.310 e. The average molecular weight is 294 g/mol. The first-order valence-electron chi connectivity index (χ1n) is 7.95. The van der Waals surface area contributed by atoms with Gasteiger partial charge in [-0.2, -0.15) is 0 Å². The molecule has 116 valence electrons. The maximum Gasteiger partial charge on any atom is 0.130 e. The first kappa shape index (κ1) is 14.9. The van der Waals surface area contributed by atoms with E-state index in [0.717, 1.165) is 24.7 Å². The number of hydrogen-bond donors (Lipinski definition) is 1. The van der Waals surface area contributed by atoms with Crippen molar-refractivity contribution >= 4 is 0 Å². The van der Waals surface area contributed by atoms with Crippen molar-refractivity contribution in [3.8, 4) is 0 Å². The molecule has 1 aromatic carbocycles. The quantitative estimate of drug-likeness (QED) is 0.914. The fourth-order valence-electron chi connectivity index (χ4n) is 4.00. The molecule has 2 saturated heterocycles. The molecule has 3 unspecified atom stereocenters. The molecule has 2 bridgehead atoms. The zero-order valence-electron chi connectivity index (χ0n) is 12.8. The highest BCUT2D eigenvalue weighted by Crippen LogP contribution is 2.37. The summed E-state index contributed by atoms with van der Waals surface area (Å²) in [7, 11) is 2.24. The summed E-state index contributed by atoms with van der Waals surface area (Å²) >= 11 is 0. The van der Waals surface area contributed by atoms with Gasteiger partial charge in [-0.05, 0) is 58.2 Å². The molecule has 0 amide bonds. The minimum Gasteiger partial charge on any atom is -0.310 e. The van der Waals surface area contributed by atoms with E-state index in [2.05, 4.69) is 17.3 Å². The number of fused-ring (bicyclic) bond motifs is 2. The van der Waals surface area contributed by atoms with E-state index < -0.39 is 11.6 Å². The zero-order valence-corrected chi connectivity index (χ0v) is 12.8. The lowest BCUT2D eigenvalue weighted by atomic mass is 9.90. The number of benzene rings is 1. The van der Waals surface area contributed by atoms with Gasteiger partial charge in [0.15, 0.2) is 0 Å². The lowest BCUT2D eigenvalue weighted by Crippen LogP contribution is -2.42. The molecule has 4 heteroatoms. The van der Waals surface area contributed by atoms with Crippen LogP contribution in [0.3, 0.4) is 0 Å². The van der Waals surface area contributed by atoms with Crippen LogP contribution in [0.5, 0.6) is 0 Å². The van der Waals surface area contributed by atoms with E-state index in [4.69, 9.17) is 0 Å². The molecule has 2 heterocycles. The third-order valence-corrected chi connectivity index (χ3v) is 5.34. The summed E-state index contributed by atoms with van der Waals surface area (Å²) in [6.45, 7) is 2.86. The van der Waals surface area contributed by atoms with Crippen molar-refractivity contribution < 1.29 is 8.78 Å². The highest BCUT2D eigenvalue weighted by atomic mass is 19.1. The number of piperidine rings is 1. The van der Waals surface area contributed by atoms with Crippen LogP contribution < -0.4 is 5.32 Å². The Hall–Kier alpha value is -1.00. The van der Waals surface area contributed by atoms with E-state index in [1.165, 1.54) is 31.7 Å². The molecular formula is C17H24F2N2. The van der Waals surface area contributed by atoms with Crippen LogP contribution in [-0.4, -0.2) is 30.6 Å². The predicted octanol–water partition coefficient (Wildman–Crippen LogP) is 3.49. The molecule has 2 nitrogen and oxygen atoms in total. The van der Waals surface area contributed by atoms with E-state index in [1.54, 1.807) is 6.07 Å². The Morgan fingerprint density at radius 2 is 1.90 bits per heavy atom. The monoisotopic (exact) mass is 294 g/mol. The first-order chi connectivity index (χ1) is 10.0. The summed E-state index contributed by atoms with van der Waals surface area (Å²) in [6.07, 6.45) is 5.11. The van der Waals surface area contributed by atoms with Gasteiger partial charge in [-0.3, -0.25) is 0 Å². The van der Waals surface area contributed by atoms with Crippen LogP contribution in [0.1, 0.15) is 44.2 Å². The van der Waals surface area contributed by atoms with Crippen LogP contribution in [0.25, 0.3) is 0 Å². The van der Waals surface area contributed by atoms with Gasteiger partial charge in [-0.1, -0.05) is 6.07 Å². The summed E-state index contributed by atoms with van der Waals surface area (Å²) < 4.78 is 26.7. The summed E-state index contributed by atoms with van der Waals surface area (Å²) in [6, 6.07) is 5.21. The minimum absolute atomic E-state index is 0.0806. The maximum absolute atomic E-state index is 13.8. The summed E-state index contributed by atoms with van der Waals surface area (Å²) in [4.78, 5) is 2.53. The lowest BCUT2D eigenvalue weighted by molar-refractivity contribution is 0.131. The molecule has 3 rings (SSSR count). The molecule has 1 N–H and O–H groups in total. The maximum atomic E-state index is 13.8.